The van der Waals surface area contributed by atoms with Crippen molar-refractivity contribution >= 4 is 66.0 Å². The molecule has 86 heavy (non-hydrogen) atoms. The normalized spacial score (nSPS) is 16.2. The van der Waals surface area contributed by atoms with E-state index in [4.69, 9.17) is 10.3 Å². The first-order chi connectivity index (χ1) is 41.2. The number of primary sulfonamides is 2. The topological polar surface area (TPSA) is 237 Å². The summed E-state index contributed by atoms with van der Waals surface area (Å²) in [5.41, 5.74) is 11.6. The number of hydrogen-bond donors (Lipinski definition) is 3. The number of halogens is 1. The number of benzene rings is 6. The number of para-hydroxylation sites is 3. The van der Waals surface area contributed by atoms with Crippen LogP contribution in [0.1, 0.15) is 93.1 Å². The summed E-state index contributed by atoms with van der Waals surface area (Å²) in [6, 6.07) is 39.7. The Balaban J connectivity index is 0.000000206. The summed E-state index contributed by atoms with van der Waals surface area (Å²) in [5, 5.41) is 33.5. The molecule has 0 aromatic heterocycles. The minimum atomic E-state index is -4.25. The zero-order valence-corrected chi connectivity index (χ0v) is 51.3. The van der Waals surface area contributed by atoms with Crippen LogP contribution in [0.4, 0.5) is 38.5 Å². The molecule has 4 heterocycles. The highest BCUT2D eigenvalue weighted by Gasteiger charge is 2.32. The number of carbonyl (C=O) groups excluding carboxylic acids is 2. The largest absolute Gasteiger partial charge is 0.382 e. The first kappa shape index (κ1) is 62.3. The molecule has 4 aliphatic heterocycles. The number of rotatable bonds is 14. The molecule has 0 bridgehead atoms. The molecule has 452 valence electrons. The molecule has 4 aliphatic rings. The van der Waals surface area contributed by atoms with E-state index in [1.807, 2.05) is 91.2 Å². The number of aryl methyl sites for hydroxylation is 4. The van der Waals surface area contributed by atoms with Crippen LogP contribution >= 0.6 is 0 Å². The summed E-state index contributed by atoms with van der Waals surface area (Å²) in [7, 11) is -8.11. The molecule has 4 fully saturated rings. The van der Waals surface area contributed by atoms with E-state index in [9.17, 15) is 41.3 Å². The Bertz CT molecular complexity index is 3780. The molecular weight excluding hydrogens is 1130 g/mol. The van der Waals surface area contributed by atoms with Gasteiger partial charge in [0.1, 0.15) is 27.7 Å². The number of sulfonamides is 2. The average molecular weight is 1210 g/mol. The standard InChI is InChI=1S/C34H42N6O3S.C31H35FN6O3S/c1-4-15-40(28-13-16-37(17-14-28)30-10-6-5-9-27(30)24-35)32-23-29(25(2)22-26(32)3)34(41)39-20-18-38(19-21-39)31-11-7-8-12-33(31)44(36,42)43;1-21-18-22(2)27(35-24-10-12-36(13-11-24)28-8-4-3-6-23(28)20-33)19-25(21)31(39)38-16-14-37(15-17-38)29-9-5-7-26(32)30(29)42(34,40)41/h5-12,22-23,28H,4,13-21H2,1-3H3,(H2,36,42,43);3-9,18-19,24,35H,10-17H2,1-2H3,(H2,34,40,41). The third kappa shape index (κ3) is 14.0. The summed E-state index contributed by atoms with van der Waals surface area (Å²) in [5.74, 6) is -0.979. The highest BCUT2D eigenvalue weighted by Crippen LogP contribution is 2.35. The maximum Gasteiger partial charge on any atom is 0.254 e. The molecule has 10 rings (SSSR count). The first-order valence-electron chi connectivity index (χ1n) is 29.4. The molecule has 0 radical (unpaired) electrons. The molecule has 0 spiro atoms. The van der Waals surface area contributed by atoms with Crippen LogP contribution < -0.4 is 40.1 Å². The fraction of sp³-hybridized carbons (Fsp3) is 0.385. The summed E-state index contributed by atoms with van der Waals surface area (Å²) in [6.45, 7) is 18.0. The number of hydrogen-bond acceptors (Lipinski definition) is 14. The van der Waals surface area contributed by atoms with Gasteiger partial charge >= 0.3 is 0 Å². The lowest BCUT2D eigenvalue weighted by molar-refractivity contribution is 0.0738. The molecule has 2 amide bonds. The second-order valence-electron chi connectivity index (χ2n) is 22.7. The third-order valence-corrected chi connectivity index (χ3v) is 19.0. The minimum absolute atomic E-state index is 0.00232. The Morgan fingerprint density at radius 3 is 1.52 bits per heavy atom. The quantitative estimate of drug-likeness (QED) is 0.0926. The van der Waals surface area contributed by atoms with Gasteiger partial charge in [-0.25, -0.2) is 31.5 Å². The lowest BCUT2D eigenvalue weighted by Gasteiger charge is -2.41. The van der Waals surface area contributed by atoms with Crippen LogP contribution in [0.3, 0.4) is 0 Å². The molecule has 6 aromatic carbocycles. The van der Waals surface area contributed by atoms with Crippen molar-refractivity contribution in [3.8, 4) is 12.1 Å². The second-order valence-corrected chi connectivity index (χ2v) is 25.7. The van der Waals surface area contributed by atoms with Gasteiger partial charge in [0.2, 0.25) is 20.0 Å². The summed E-state index contributed by atoms with van der Waals surface area (Å²) in [6.07, 6.45) is 4.74. The number of nitrogens with one attached hydrogen (secondary N) is 1. The van der Waals surface area contributed by atoms with Crippen molar-refractivity contribution in [1.82, 2.24) is 9.80 Å². The lowest BCUT2D eigenvalue weighted by Crippen LogP contribution is -2.49. The van der Waals surface area contributed by atoms with E-state index in [0.29, 0.717) is 86.3 Å². The van der Waals surface area contributed by atoms with Crippen molar-refractivity contribution in [1.29, 1.82) is 10.5 Å². The summed E-state index contributed by atoms with van der Waals surface area (Å²) < 4.78 is 62.7. The molecule has 0 atom stereocenters. The molecule has 5 N–H and O–H groups in total. The van der Waals surface area contributed by atoms with Crippen molar-refractivity contribution in [2.24, 2.45) is 10.3 Å². The zero-order valence-electron chi connectivity index (χ0n) is 49.7. The van der Waals surface area contributed by atoms with Crippen molar-refractivity contribution in [3.63, 3.8) is 0 Å². The van der Waals surface area contributed by atoms with E-state index in [1.165, 1.54) is 18.2 Å². The van der Waals surface area contributed by atoms with E-state index in [2.05, 4.69) is 58.1 Å². The smallest absolute Gasteiger partial charge is 0.254 e. The van der Waals surface area contributed by atoms with E-state index in [1.54, 1.807) is 28.0 Å². The van der Waals surface area contributed by atoms with Gasteiger partial charge in [0.05, 0.1) is 33.9 Å². The fourth-order valence-electron chi connectivity index (χ4n) is 12.6. The summed E-state index contributed by atoms with van der Waals surface area (Å²) in [4.78, 5) is 41.5. The van der Waals surface area contributed by atoms with E-state index >= 15 is 0 Å². The monoisotopic (exact) mass is 1200 g/mol. The van der Waals surface area contributed by atoms with Gasteiger partial charge in [-0.1, -0.05) is 61.5 Å². The van der Waals surface area contributed by atoms with Crippen LogP contribution in [-0.2, 0) is 20.0 Å². The maximum absolute atomic E-state index is 14.4. The molecule has 0 saturated carbocycles. The molecule has 18 nitrogen and oxygen atoms in total. The van der Waals surface area contributed by atoms with Gasteiger partial charge in [-0.3, -0.25) is 9.59 Å². The van der Waals surface area contributed by atoms with Crippen molar-refractivity contribution in [2.45, 2.75) is 88.6 Å². The van der Waals surface area contributed by atoms with Crippen molar-refractivity contribution in [3.05, 3.63) is 166 Å². The van der Waals surface area contributed by atoms with Gasteiger partial charge in [-0.2, -0.15) is 10.5 Å². The Kier molecular flexibility index (Phi) is 19.6. The number of piperidine rings is 2. The van der Waals surface area contributed by atoms with Crippen LogP contribution in [0.15, 0.2) is 125 Å². The van der Waals surface area contributed by atoms with Gasteiger partial charge in [0.15, 0.2) is 0 Å². The van der Waals surface area contributed by atoms with Gasteiger partial charge < -0.3 is 39.6 Å². The van der Waals surface area contributed by atoms with Crippen LogP contribution in [-0.4, -0.2) is 136 Å². The number of anilines is 6. The zero-order chi connectivity index (χ0) is 61.5. The molecule has 0 unspecified atom stereocenters. The highest BCUT2D eigenvalue weighted by molar-refractivity contribution is 7.89. The Labute approximate surface area is 506 Å². The predicted molar refractivity (Wildman–Crippen MR) is 338 cm³/mol. The van der Waals surface area contributed by atoms with Gasteiger partial charge in [-0.05, 0) is 143 Å². The maximum atomic E-state index is 14.4. The number of nitrogens with two attached hydrogens (primary N) is 2. The number of nitrogens with zero attached hydrogens (tertiary/aromatic N) is 9. The van der Waals surface area contributed by atoms with E-state index < -0.39 is 30.8 Å². The Morgan fingerprint density at radius 2 is 1.01 bits per heavy atom. The van der Waals surface area contributed by atoms with E-state index in [0.717, 1.165) is 116 Å². The number of amides is 2. The SMILES string of the molecule is CCCN(c1cc(C(=O)N2CCN(c3ccccc3S(N)(=O)=O)CC2)c(C)cc1C)C1CCN(c2ccccc2C#N)CC1.Cc1cc(C)c(C(=O)N2CCN(c3cccc(F)c3S(N)(=O)=O)CC2)cc1NC1CCN(c2ccccc2C#N)CC1. The van der Waals surface area contributed by atoms with Gasteiger partial charge in [-0.15, -0.1) is 0 Å². The first-order valence-corrected chi connectivity index (χ1v) is 32.5. The number of nitriles is 2. The van der Waals surface area contributed by atoms with Gasteiger partial charge in [0, 0.05) is 120 Å². The summed E-state index contributed by atoms with van der Waals surface area (Å²) >= 11 is 0. The van der Waals surface area contributed by atoms with Crippen LogP contribution in [0.5, 0.6) is 0 Å². The molecular formula is C65H77FN12O6S2. The van der Waals surface area contributed by atoms with Crippen LogP contribution in [0.2, 0.25) is 0 Å². The molecule has 21 heteroatoms. The molecule has 4 saturated heterocycles. The Morgan fingerprint density at radius 1 is 0.558 bits per heavy atom. The molecule has 6 aromatic rings. The van der Waals surface area contributed by atoms with Crippen LogP contribution in [0, 0.1) is 56.2 Å². The van der Waals surface area contributed by atoms with E-state index in [-0.39, 0.29) is 28.4 Å². The lowest BCUT2D eigenvalue weighted by atomic mass is 9.97. The molecule has 0 aliphatic carbocycles. The van der Waals surface area contributed by atoms with Crippen molar-refractivity contribution < 1.29 is 30.8 Å². The number of carbonyl (C=O) groups is 2. The number of piperazine rings is 2. The average Bonchev–Trinajstić information content (AvgIpc) is 1.58. The third-order valence-electron chi connectivity index (χ3n) is 17.1. The van der Waals surface area contributed by atoms with Gasteiger partial charge in [0.25, 0.3) is 11.8 Å². The minimum Gasteiger partial charge on any atom is -0.382 e. The fourth-order valence-corrected chi connectivity index (χ4v) is 14.2. The predicted octanol–water partition coefficient (Wildman–Crippen LogP) is 8.68. The second kappa shape index (κ2) is 27.0. The Hall–Kier alpha value is -8.21. The highest BCUT2D eigenvalue weighted by atomic mass is 32.2. The van der Waals surface area contributed by atoms with Crippen molar-refractivity contribution in [2.75, 3.05) is 115 Å². The van der Waals surface area contributed by atoms with Crippen LogP contribution in [0.25, 0.3) is 0 Å².